The van der Waals surface area contributed by atoms with Crippen LogP contribution in [0, 0.1) is 0 Å². The van der Waals surface area contributed by atoms with Crippen LogP contribution in [0.5, 0.6) is 0 Å². The molecule has 0 aliphatic rings. The van der Waals surface area contributed by atoms with Gasteiger partial charge in [-0.25, -0.2) is 9.97 Å². The second-order valence-corrected chi connectivity index (χ2v) is 10.3. The van der Waals surface area contributed by atoms with Crippen LogP contribution in [0.1, 0.15) is 23.4 Å². The minimum Gasteiger partial charge on any atom is -0.274 e. The Morgan fingerprint density at radius 2 is 1.57 bits per heavy atom. The molecule has 0 N–H and O–H groups in total. The number of anilines is 2. The lowest BCUT2D eigenvalue weighted by atomic mass is 10.1. The lowest BCUT2D eigenvalue weighted by Gasteiger charge is -2.22. The van der Waals surface area contributed by atoms with E-state index < -0.39 is 11.7 Å². The second kappa shape index (κ2) is 9.56. The molecule has 1 amide bonds. The smallest absolute Gasteiger partial charge is 0.274 e. The lowest BCUT2D eigenvalue weighted by molar-refractivity contribution is -0.137. The normalized spacial score (nSPS) is 11.9. The average Bonchev–Trinajstić information content (AvgIpc) is 3.43. The van der Waals surface area contributed by atoms with Crippen LogP contribution in [0.25, 0.3) is 20.4 Å². The van der Waals surface area contributed by atoms with Gasteiger partial charge < -0.3 is 0 Å². The summed E-state index contributed by atoms with van der Waals surface area (Å²) < 4.78 is 42.2. The summed E-state index contributed by atoms with van der Waals surface area (Å²) in [5, 5.41) is 1.22. The number of thiazole rings is 2. The number of halogens is 4. The third kappa shape index (κ3) is 5.03. The molecule has 0 aliphatic carbocycles. The standard InChI is InChI=1S/C25H17ClF3N3OS2/c26-16-13-12-15(25(27,28)29)14-19(16)32(24-31-18-7-2-4-9-21(18)35-24)23(33)11-5-10-22-30-17-6-1-3-8-20(17)34-22/h1-4,6-9,12-14H,5,10-11H2. The van der Waals surface area contributed by atoms with E-state index >= 15 is 0 Å². The number of carbonyl (C=O) groups excluding carboxylic acids is 1. The maximum absolute atomic E-state index is 13.4. The van der Waals surface area contributed by atoms with Crippen LogP contribution in [-0.2, 0) is 17.4 Å². The van der Waals surface area contributed by atoms with Crippen LogP contribution in [0.2, 0.25) is 5.02 Å². The first kappa shape index (κ1) is 23.7. The fraction of sp³-hybridized carbons (Fsp3) is 0.160. The summed E-state index contributed by atoms with van der Waals surface area (Å²) in [4.78, 5) is 23.7. The second-order valence-electron chi connectivity index (χ2n) is 7.79. The number of para-hydroxylation sites is 2. The molecule has 0 bridgehead atoms. The highest BCUT2D eigenvalue weighted by atomic mass is 35.5. The molecule has 178 valence electrons. The molecule has 3 aromatic carbocycles. The number of benzene rings is 3. The minimum absolute atomic E-state index is 0.0365. The number of fused-ring (bicyclic) bond motifs is 2. The molecule has 5 aromatic rings. The first-order valence-corrected chi connectivity index (χ1v) is 12.7. The summed E-state index contributed by atoms with van der Waals surface area (Å²) in [6.45, 7) is 0. The molecule has 2 heterocycles. The summed E-state index contributed by atoms with van der Waals surface area (Å²) in [5.41, 5.74) is 0.643. The largest absolute Gasteiger partial charge is 0.416 e. The van der Waals surface area contributed by atoms with Crippen molar-refractivity contribution >= 4 is 71.4 Å². The van der Waals surface area contributed by atoms with Crippen LogP contribution >= 0.6 is 34.3 Å². The Bertz CT molecular complexity index is 1460. The Morgan fingerprint density at radius 3 is 2.23 bits per heavy atom. The molecule has 0 radical (unpaired) electrons. The van der Waals surface area contributed by atoms with Gasteiger partial charge in [0.05, 0.1) is 41.7 Å². The number of nitrogens with zero attached hydrogens (tertiary/aromatic N) is 3. The molecule has 0 atom stereocenters. The number of amides is 1. The monoisotopic (exact) mass is 531 g/mol. The minimum atomic E-state index is -4.57. The van der Waals surface area contributed by atoms with Crippen LogP contribution in [0.15, 0.2) is 66.7 Å². The molecule has 2 aromatic heterocycles. The number of hydrogen-bond donors (Lipinski definition) is 0. The van der Waals surface area contributed by atoms with Crippen molar-refractivity contribution in [3.63, 3.8) is 0 Å². The Kier molecular flexibility index (Phi) is 6.48. The quantitative estimate of drug-likeness (QED) is 0.221. The number of hydrogen-bond acceptors (Lipinski definition) is 5. The van der Waals surface area contributed by atoms with E-state index in [1.54, 1.807) is 17.4 Å². The summed E-state index contributed by atoms with van der Waals surface area (Å²) >= 11 is 9.11. The molecule has 0 unspecified atom stereocenters. The van der Waals surface area contributed by atoms with Gasteiger partial charge in [0.15, 0.2) is 5.13 Å². The van der Waals surface area contributed by atoms with Crippen molar-refractivity contribution in [3.8, 4) is 0 Å². The molecule has 0 aliphatic heterocycles. The van der Waals surface area contributed by atoms with E-state index in [1.807, 2.05) is 42.5 Å². The van der Waals surface area contributed by atoms with E-state index in [-0.39, 0.29) is 28.2 Å². The molecule has 10 heteroatoms. The topological polar surface area (TPSA) is 46.1 Å². The van der Waals surface area contributed by atoms with Gasteiger partial charge in [0.2, 0.25) is 5.91 Å². The molecule has 0 fully saturated rings. The summed E-state index contributed by atoms with van der Waals surface area (Å²) in [6.07, 6.45) is -3.42. The van der Waals surface area contributed by atoms with Crippen molar-refractivity contribution in [2.45, 2.75) is 25.4 Å². The van der Waals surface area contributed by atoms with Gasteiger partial charge >= 0.3 is 6.18 Å². The van der Waals surface area contributed by atoms with E-state index in [9.17, 15) is 18.0 Å². The third-order valence-electron chi connectivity index (χ3n) is 5.36. The van der Waals surface area contributed by atoms with Crippen LogP contribution in [0.3, 0.4) is 0 Å². The fourth-order valence-corrected chi connectivity index (χ4v) is 5.90. The van der Waals surface area contributed by atoms with Gasteiger partial charge in [-0.1, -0.05) is 47.2 Å². The Labute approximate surface area is 211 Å². The van der Waals surface area contributed by atoms with Crippen LogP contribution in [-0.4, -0.2) is 15.9 Å². The first-order chi connectivity index (χ1) is 16.8. The van der Waals surface area contributed by atoms with Crippen molar-refractivity contribution in [2.24, 2.45) is 0 Å². The Balaban J connectivity index is 1.45. The zero-order chi connectivity index (χ0) is 24.6. The summed E-state index contributed by atoms with van der Waals surface area (Å²) in [6, 6.07) is 18.1. The van der Waals surface area contributed by atoms with Crippen LogP contribution < -0.4 is 4.90 Å². The van der Waals surface area contributed by atoms with Crippen molar-refractivity contribution in [3.05, 3.63) is 82.3 Å². The van der Waals surface area contributed by atoms with E-state index in [0.717, 1.165) is 38.1 Å². The predicted octanol–water partition coefficient (Wildman–Crippen LogP) is 8.27. The van der Waals surface area contributed by atoms with Crippen LogP contribution in [0.4, 0.5) is 24.0 Å². The lowest BCUT2D eigenvalue weighted by Crippen LogP contribution is -2.26. The number of rotatable bonds is 6. The van der Waals surface area contributed by atoms with Gasteiger partial charge in [-0.05, 0) is 55.3 Å². The highest BCUT2D eigenvalue weighted by Gasteiger charge is 2.33. The van der Waals surface area contributed by atoms with Crippen molar-refractivity contribution in [2.75, 3.05) is 4.90 Å². The van der Waals surface area contributed by atoms with Gasteiger partial charge in [0.25, 0.3) is 0 Å². The maximum atomic E-state index is 13.4. The van der Waals surface area contributed by atoms with Crippen molar-refractivity contribution in [1.82, 2.24) is 9.97 Å². The molecule has 0 saturated heterocycles. The van der Waals surface area contributed by atoms with E-state index in [2.05, 4.69) is 9.97 Å². The molecule has 0 spiro atoms. The summed E-state index contributed by atoms with van der Waals surface area (Å²) in [5.74, 6) is -0.383. The molecular formula is C25H17ClF3N3OS2. The maximum Gasteiger partial charge on any atom is 0.416 e. The molecule has 0 saturated carbocycles. The number of carbonyl (C=O) groups is 1. The number of aryl methyl sites for hydroxylation is 1. The SMILES string of the molecule is O=C(CCCc1nc2ccccc2s1)N(c1nc2ccccc2s1)c1cc(C(F)(F)F)ccc1Cl. The Hall–Kier alpha value is -3.01. The first-order valence-electron chi connectivity index (χ1n) is 10.7. The van der Waals surface area contributed by atoms with Gasteiger partial charge in [-0.3, -0.25) is 9.69 Å². The van der Waals surface area contributed by atoms with Gasteiger partial charge in [-0.15, -0.1) is 11.3 Å². The zero-order valence-electron chi connectivity index (χ0n) is 18.1. The highest BCUT2D eigenvalue weighted by Crippen LogP contribution is 2.40. The highest BCUT2D eigenvalue weighted by molar-refractivity contribution is 7.22. The van der Waals surface area contributed by atoms with E-state index in [4.69, 9.17) is 11.6 Å². The zero-order valence-corrected chi connectivity index (χ0v) is 20.4. The van der Waals surface area contributed by atoms with E-state index in [1.165, 1.54) is 16.2 Å². The van der Waals surface area contributed by atoms with Gasteiger partial charge in [0.1, 0.15) is 0 Å². The number of alkyl halides is 3. The van der Waals surface area contributed by atoms with Gasteiger partial charge in [-0.2, -0.15) is 13.2 Å². The predicted molar refractivity (Wildman–Crippen MR) is 136 cm³/mol. The third-order valence-corrected chi connectivity index (χ3v) is 7.79. The summed E-state index contributed by atoms with van der Waals surface area (Å²) in [7, 11) is 0. The average molecular weight is 532 g/mol. The van der Waals surface area contributed by atoms with Crippen molar-refractivity contribution in [1.29, 1.82) is 0 Å². The fourth-order valence-electron chi connectivity index (χ4n) is 3.69. The Morgan fingerprint density at radius 1 is 0.914 bits per heavy atom. The molecule has 5 rings (SSSR count). The van der Waals surface area contributed by atoms with Crippen molar-refractivity contribution < 1.29 is 18.0 Å². The van der Waals surface area contributed by atoms with E-state index in [0.29, 0.717) is 18.4 Å². The molecule has 35 heavy (non-hydrogen) atoms. The molecule has 4 nitrogen and oxygen atoms in total. The number of aromatic nitrogens is 2. The van der Waals surface area contributed by atoms with Gasteiger partial charge in [0, 0.05) is 6.42 Å². The molecular weight excluding hydrogens is 515 g/mol.